The number of methoxy groups -OCH3 is 2. The number of hydrogen-bond acceptors (Lipinski definition) is 6. The molecule has 0 amide bonds. The Morgan fingerprint density at radius 3 is 2.78 bits per heavy atom. The van der Waals surface area contributed by atoms with Crippen LogP contribution in [0.5, 0.6) is 11.6 Å². The summed E-state index contributed by atoms with van der Waals surface area (Å²) in [5, 5.41) is 0. The SMILES string of the molecule is COCCCOc1cc(C(=O)CN)cnc1OC. The molecule has 0 radical (unpaired) electrons. The molecule has 0 aliphatic carbocycles. The second kappa shape index (κ2) is 7.62. The van der Waals surface area contributed by atoms with E-state index in [9.17, 15) is 4.79 Å². The van der Waals surface area contributed by atoms with Crippen molar-refractivity contribution in [1.29, 1.82) is 0 Å². The number of nitrogens with zero attached hydrogens (tertiary/aromatic N) is 1. The van der Waals surface area contributed by atoms with Crippen LogP contribution in [0.25, 0.3) is 0 Å². The Hall–Kier alpha value is -1.66. The molecule has 6 nitrogen and oxygen atoms in total. The molecule has 0 bridgehead atoms. The molecule has 0 aliphatic heterocycles. The lowest BCUT2D eigenvalue weighted by Gasteiger charge is -2.10. The van der Waals surface area contributed by atoms with Crippen LogP contribution in [0.15, 0.2) is 12.3 Å². The fourth-order valence-electron chi connectivity index (χ4n) is 1.34. The summed E-state index contributed by atoms with van der Waals surface area (Å²) >= 11 is 0. The van der Waals surface area contributed by atoms with E-state index in [1.807, 2.05) is 0 Å². The molecular weight excluding hydrogens is 236 g/mol. The molecule has 0 fully saturated rings. The highest BCUT2D eigenvalue weighted by Gasteiger charge is 2.11. The van der Waals surface area contributed by atoms with Crippen molar-refractivity contribution in [2.45, 2.75) is 6.42 Å². The van der Waals surface area contributed by atoms with Gasteiger partial charge in [0.25, 0.3) is 5.88 Å². The smallest absolute Gasteiger partial charge is 0.256 e. The van der Waals surface area contributed by atoms with E-state index in [-0.39, 0.29) is 12.3 Å². The van der Waals surface area contributed by atoms with Crippen LogP contribution in [0, 0.1) is 0 Å². The molecule has 2 N–H and O–H groups in total. The van der Waals surface area contributed by atoms with Crippen molar-refractivity contribution in [1.82, 2.24) is 4.98 Å². The third-order valence-corrected chi connectivity index (χ3v) is 2.27. The molecule has 1 aromatic rings. The Labute approximate surface area is 106 Å². The van der Waals surface area contributed by atoms with Gasteiger partial charge in [-0.1, -0.05) is 0 Å². The van der Waals surface area contributed by atoms with Crippen molar-refractivity contribution < 1.29 is 19.0 Å². The molecule has 1 heterocycles. The standard InChI is InChI=1S/C12H18N2O4/c1-16-4-3-5-18-11-6-9(10(15)7-13)8-14-12(11)17-2/h6,8H,3-5,7,13H2,1-2H3. The third kappa shape index (κ3) is 3.97. The van der Waals surface area contributed by atoms with Crippen LogP contribution in [0.4, 0.5) is 0 Å². The lowest BCUT2D eigenvalue weighted by Crippen LogP contribution is -2.14. The molecular formula is C12H18N2O4. The minimum absolute atomic E-state index is 0.0584. The first-order chi connectivity index (χ1) is 8.72. The maximum absolute atomic E-state index is 11.5. The van der Waals surface area contributed by atoms with Crippen LogP contribution >= 0.6 is 0 Å². The predicted molar refractivity (Wildman–Crippen MR) is 66.2 cm³/mol. The molecule has 1 rings (SSSR count). The van der Waals surface area contributed by atoms with Crippen LogP contribution in [0.3, 0.4) is 0 Å². The molecule has 0 atom stereocenters. The highest BCUT2D eigenvalue weighted by Crippen LogP contribution is 2.25. The zero-order valence-electron chi connectivity index (χ0n) is 10.6. The predicted octanol–water partition coefficient (Wildman–Crippen LogP) is 0.647. The number of aromatic nitrogens is 1. The minimum Gasteiger partial charge on any atom is -0.488 e. The van der Waals surface area contributed by atoms with E-state index in [4.69, 9.17) is 19.9 Å². The quantitative estimate of drug-likeness (QED) is 0.541. The van der Waals surface area contributed by atoms with Gasteiger partial charge in [0.15, 0.2) is 11.5 Å². The zero-order valence-corrected chi connectivity index (χ0v) is 10.6. The summed E-state index contributed by atoms with van der Waals surface area (Å²) < 4.78 is 15.5. The molecule has 6 heteroatoms. The number of hydrogen-bond donors (Lipinski definition) is 1. The molecule has 100 valence electrons. The van der Waals surface area contributed by atoms with Crippen molar-refractivity contribution in [2.24, 2.45) is 5.73 Å². The summed E-state index contributed by atoms with van der Waals surface area (Å²) in [6.45, 7) is 1.01. The van der Waals surface area contributed by atoms with Gasteiger partial charge in [-0.2, -0.15) is 0 Å². The third-order valence-electron chi connectivity index (χ3n) is 2.27. The first-order valence-electron chi connectivity index (χ1n) is 5.62. The van der Waals surface area contributed by atoms with Crippen molar-refractivity contribution in [3.63, 3.8) is 0 Å². The maximum atomic E-state index is 11.5. The Bertz CT molecular complexity index is 396. The molecule has 0 unspecified atom stereocenters. The average Bonchev–Trinajstić information content (AvgIpc) is 2.42. The van der Waals surface area contributed by atoms with Crippen LogP contribution in [-0.2, 0) is 4.74 Å². The fraction of sp³-hybridized carbons (Fsp3) is 0.500. The van der Waals surface area contributed by atoms with Gasteiger partial charge in [0.2, 0.25) is 0 Å². The van der Waals surface area contributed by atoms with Crippen LogP contribution in [-0.4, -0.2) is 44.7 Å². The molecule has 0 aromatic carbocycles. The van der Waals surface area contributed by atoms with Crippen LogP contribution in [0.2, 0.25) is 0 Å². The van der Waals surface area contributed by atoms with Crippen LogP contribution in [0.1, 0.15) is 16.8 Å². The summed E-state index contributed by atoms with van der Waals surface area (Å²) in [4.78, 5) is 15.5. The van der Waals surface area contributed by atoms with Gasteiger partial charge >= 0.3 is 0 Å². The number of ketones is 1. The van der Waals surface area contributed by atoms with Crippen molar-refractivity contribution in [3.8, 4) is 11.6 Å². The minimum atomic E-state index is -0.188. The number of nitrogens with two attached hydrogens (primary N) is 1. The number of ether oxygens (including phenoxy) is 3. The number of carbonyl (C=O) groups excluding carboxylic acids is 1. The van der Waals surface area contributed by atoms with Gasteiger partial charge in [0.05, 0.1) is 20.3 Å². The van der Waals surface area contributed by atoms with Crippen molar-refractivity contribution in [2.75, 3.05) is 34.0 Å². The lowest BCUT2D eigenvalue weighted by molar-refractivity contribution is 0.1000. The number of Topliss-reactive ketones (excluding diaryl/α,β-unsaturated/α-hetero) is 1. The number of rotatable bonds is 8. The average molecular weight is 254 g/mol. The second-order valence-corrected chi connectivity index (χ2v) is 3.55. The normalized spacial score (nSPS) is 10.2. The van der Waals surface area contributed by atoms with Crippen molar-refractivity contribution in [3.05, 3.63) is 17.8 Å². The summed E-state index contributed by atoms with van der Waals surface area (Å²) in [5.74, 6) is 0.598. The van der Waals surface area contributed by atoms with E-state index >= 15 is 0 Å². The molecule has 0 saturated heterocycles. The van der Waals surface area contributed by atoms with Gasteiger partial charge < -0.3 is 19.9 Å². The highest BCUT2D eigenvalue weighted by molar-refractivity contribution is 5.97. The number of pyridine rings is 1. The monoisotopic (exact) mass is 254 g/mol. The summed E-state index contributed by atoms with van der Waals surface area (Å²) in [7, 11) is 3.12. The van der Waals surface area contributed by atoms with E-state index < -0.39 is 0 Å². The van der Waals surface area contributed by atoms with Crippen molar-refractivity contribution >= 4 is 5.78 Å². The van der Waals surface area contributed by atoms with Gasteiger partial charge in [-0.3, -0.25) is 4.79 Å². The topological polar surface area (TPSA) is 83.7 Å². The molecule has 0 saturated carbocycles. The number of carbonyl (C=O) groups is 1. The van der Waals surface area contributed by atoms with E-state index in [0.29, 0.717) is 30.4 Å². The van der Waals surface area contributed by atoms with Gasteiger partial charge in [0, 0.05) is 31.9 Å². The van der Waals surface area contributed by atoms with Crippen LogP contribution < -0.4 is 15.2 Å². The molecule has 1 aromatic heterocycles. The van der Waals surface area contributed by atoms with Gasteiger partial charge in [-0.05, 0) is 6.07 Å². The second-order valence-electron chi connectivity index (χ2n) is 3.55. The van der Waals surface area contributed by atoms with Gasteiger partial charge in [0.1, 0.15) is 0 Å². The molecule has 0 spiro atoms. The van der Waals surface area contributed by atoms with E-state index in [2.05, 4.69) is 4.98 Å². The molecule has 0 aliphatic rings. The van der Waals surface area contributed by atoms with E-state index in [1.165, 1.54) is 13.3 Å². The fourth-order valence-corrected chi connectivity index (χ4v) is 1.34. The summed E-state index contributed by atoms with van der Waals surface area (Å²) in [6, 6.07) is 1.59. The molecule has 18 heavy (non-hydrogen) atoms. The highest BCUT2D eigenvalue weighted by atomic mass is 16.5. The van der Waals surface area contributed by atoms with Gasteiger partial charge in [-0.15, -0.1) is 0 Å². The van der Waals surface area contributed by atoms with E-state index in [1.54, 1.807) is 13.2 Å². The maximum Gasteiger partial charge on any atom is 0.256 e. The largest absolute Gasteiger partial charge is 0.488 e. The Balaban J connectivity index is 2.75. The lowest BCUT2D eigenvalue weighted by atomic mass is 10.2. The van der Waals surface area contributed by atoms with Gasteiger partial charge in [-0.25, -0.2) is 4.98 Å². The zero-order chi connectivity index (χ0) is 13.4. The van der Waals surface area contributed by atoms with E-state index in [0.717, 1.165) is 6.42 Å². The summed E-state index contributed by atoms with van der Waals surface area (Å²) in [5.41, 5.74) is 5.72. The Morgan fingerprint density at radius 1 is 1.39 bits per heavy atom. The first kappa shape index (κ1) is 14.4. The Kier molecular flexibility index (Phi) is 6.10. The summed E-state index contributed by atoms with van der Waals surface area (Å²) in [6.07, 6.45) is 2.17. The first-order valence-corrected chi connectivity index (χ1v) is 5.62. The Morgan fingerprint density at radius 2 is 2.17 bits per heavy atom.